The number of nitrogens with one attached hydrogen (secondary N) is 3. The number of hydrogen-bond donors (Lipinski definition) is 3. The van der Waals surface area contributed by atoms with E-state index in [1.54, 1.807) is 24.3 Å². The minimum atomic E-state index is -0.256. The summed E-state index contributed by atoms with van der Waals surface area (Å²) >= 11 is 0. The van der Waals surface area contributed by atoms with Crippen molar-refractivity contribution in [1.82, 2.24) is 15.2 Å². The predicted molar refractivity (Wildman–Crippen MR) is 102 cm³/mol. The third kappa shape index (κ3) is 4.03. The third-order valence-electron chi connectivity index (χ3n) is 4.29. The highest BCUT2D eigenvalue weighted by Crippen LogP contribution is 2.38. The molecule has 2 aromatic carbocycles. The second kappa shape index (κ2) is 7.03. The summed E-state index contributed by atoms with van der Waals surface area (Å²) in [6, 6.07) is 14.2. The number of rotatable bonds is 5. The van der Waals surface area contributed by atoms with Crippen LogP contribution in [0.5, 0.6) is 0 Å². The molecular formula is C20H19N5O2. The molecule has 136 valence electrons. The first-order valence-corrected chi connectivity index (χ1v) is 8.80. The van der Waals surface area contributed by atoms with Crippen LogP contribution in [-0.4, -0.2) is 27.0 Å². The van der Waals surface area contributed by atoms with Gasteiger partial charge in [0.1, 0.15) is 5.82 Å². The Morgan fingerprint density at radius 2 is 1.78 bits per heavy atom. The molecule has 1 aromatic heterocycles. The lowest BCUT2D eigenvalue weighted by molar-refractivity contribution is -0.114. The maximum atomic E-state index is 12.5. The van der Waals surface area contributed by atoms with Crippen LogP contribution in [0.1, 0.15) is 41.9 Å². The van der Waals surface area contributed by atoms with Gasteiger partial charge in [-0.2, -0.15) is 5.10 Å². The number of aromatic nitrogens is 3. The second-order valence-corrected chi connectivity index (χ2v) is 6.62. The first kappa shape index (κ1) is 17.0. The van der Waals surface area contributed by atoms with E-state index in [1.807, 2.05) is 24.3 Å². The van der Waals surface area contributed by atoms with Crippen LogP contribution in [0.15, 0.2) is 48.5 Å². The number of H-pyrrole nitrogens is 1. The summed E-state index contributed by atoms with van der Waals surface area (Å²) in [5.74, 6) is 1.62. The summed E-state index contributed by atoms with van der Waals surface area (Å²) in [6.45, 7) is 1.43. The number of carbonyl (C=O) groups is 2. The average molecular weight is 361 g/mol. The van der Waals surface area contributed by atoms with Crippen molar-refractivity contribution in [3.63, 3.8) is 0 Å². The number of hydrogen-bond acceptors (Lipinski definition) is 4. The zero-order valence-electron chi connectivity index (χ0n) is 14.8. The number of aromatic amines is 1. The second-order valence-electron chi connectivity index (χ2n) is 6.62. The highest BCUT2D eigenvalue weighted by molar-refractivity contribution is 6.05. The molecule has 7 heteroatoms. The highest BCUT2D eigenvalue weighted by Gasteiger charge is 2.27. The van der Waals surface area contributed by atoms with Crippen LogP contribution in [-0.2, 0) is 4.79 Å². The Kier molecular flexibility index (Phi) is 4.42. The molecule has 1 saturated carbocycles. The van der Waals surface area contributed by atoms with Crippen molar-refractivity contribution in [2.24, 2.45) is 0 Å². The van der Waals surface area contributed by atoms with Gasteiger partial charge in [0, 0.05) is 35.3 Å². The molecule has 0 aliphatic heterocycles. The van der Waals surface area contributed by atoms with Crippen LogP contribution in [0.4, 0.5) is 11.4 Å². The molecule has 1 aliphatic carbocycles. The molecule has 2 amide bonds. The lowest BCUT2D eigenvalue weighted by Crippen LogP contribution is -2.13. The molecule has 4 rings (SSSR count). The normalized spacial score (nSPS) is 13.2. The SMILES string of the molecule is CC(=O)Nc1cccc(C(=O)Nc2cccc(-c3n[nH]c(C4CC4)n3)c2)c1. The lowest BCUT2D eigenvalue weighted by Gasteiger charge is -2.08. The van der Waals surface area contributed by atoms with Gasteiger partial charge in [-0.15, -0.1) is 0 Å². The van der Waals surface area contributed by atoms with Gasteiger partial charge in [-0.3, -0.25) is 14.7 Å². The first-order valence-electron chi connectivity index (χ1n) is 8.80. The van der Waals surface area contributed by atoms with Crippen LogP contribution < -0.4 is 10.6 Å². The summed E-state index contributed by atoms with van der Waals surface area (Å²) in [4.78, 5) is 28.3. The Morgan fingerprint density at radius 1 is 1.04 bits per heavy atom. The van der Waals surface area contributed by atoms with Crippen LogP contribution in [0.2, 0.25) is 0 Å². The number of carbonyl (C=O) groups excluding carboxylic acids is 2. The molecular weight excluding hydrogens is 342 g/mol. The van der Waals surface area contributed by atoms with Gasteiger partial charge in [-0.25, -0.2) is 4.98 Å². The lowest BCUT2D eigenvalue weighted by atomic mass is 10.1. The Labute approximate surface area is 156 Å². The molecule has 1 aliphatic rings. The van der Waals surface area contributed by atoms with Gasteiger partial charge in [-0.05, 0) is 43.2 Å². The Hall–Kier alpha value is -3.48. The fraction of sp³-hybridized carbons (Fsp3) is 0.200. The molecule has 0 bridgehead atoms. The van der Waals surface area contributed by atoms with E-state index in [0.29, 0.717) is 28.7 Å². The molecule has 0 unspecified atom stereocenters. The fourth-order valence-corrected chi connectivity index (χ4v) is 2.82. The predicted octanol–water partition coefficient (Wildman–Crippen LogP) is 3.56. The quantitative estimate of drug-likeness (QED) is 0.647. The topological polar surface area (TPSA) is 99.8 Å². The first-order chi connectivity index (χ1) is 13.1. The van der Waals surface area contributed by atoms with E-state index in [9.17, 15) is 9.59 Å². The third-order valence-corrected chi connectivity index (χ3v) is 4.29. The van der Waals surface area contributed by atoms with Gasteiger partial charge in [0.15, 0.2) is 5.82 Å². The smallest absolute Gasteiger partial charge is 0.255 e. The minimum absolute atomic E-state index is 0.183. The average Bonchev–Trinajstić information content (AvgIpc) is 3.38. The Bertz CT molecular complexity index is 1010. The Morgan fingerprint density at radius 3 is 2.52 bits per heavy atom. The van der Waals surface area contributed by atoms with Gasteiger partial charge in [0.05, 0.1) is 0 Å². The van der Waals surface area contributed by atoms with Crippen molar-refractivity contribution in [3.05, 3.63) is 59.9 Å². The van der Waals surface area contributed by atoms with E-state index in [0.717, 1.165) is 24.2 Å². The monoisotopic (exact) mass is 361 g/mol. The summed E-state index contributed by atoms with van der Waals surface area (Å²) in [5.41, 5.74) is 2.53. The highest BCUT2D eigenvalue weighted by atomic mass is 16.2. The number of anilines is 2. The number of benzene rings is 2. The van der Waals surface area contributed by atoms with Gasteiger partial charge in [-0.1, -0.05) is 18.2 Å². The van der Waals surface area contributed by atoms with E-state index >= 15 is 0 Å². The molecule has 1 heterocycles. The largest absolute Gasteiger partial charge is 0.326 e. The summed E-state index contributed by atoms with van der Waals surface area (Å²) < 4.78 is 0. The van der Waals surface area contributed by atoms with Crippen LogP contribution in [0.25, 0.3) is 11.4 Å². The fourth-order valence-electron chi connectivity index (χ4n) is 2.82. The van der Waals surface area contributed by atoms with Crippen molar-refractivity contribution in [1.29, 1.82) is 0 Å². The summed E-state index contributed by atoms with van der Waals surface area (Å²) in [5, 5.41) is 12.8. The van der Waals surface area contributed by atoms with Gasteiger partial charge >= 0.3 is 0 Å². The molecule has 0 saturated heterocycles. The molecule has 0 atom stereocenters. The maximum Gasteiger partial charge on any atom is 0.255 e. The zero-order chi connectivity index (χ0) is 18.8. The van der Waals surface area contributed by atoms with Crippen molar-refractivity contribution < 1.29 is 9.59 Å². The summed E-state index contributed by atoms with van der Waals surface area (Å²) in [7, 11) is 0. The molecule has 0 radical (unpaired) electrons. The molecule has 7 nitrogen and oxygen atoms in total. The van der Waals surface area contributed by atoms with Gasteiger partial charge < -0.3 is 10.6 Å². The van der Waals surface area contributed by atoms with Gasteiger partial charge in [0.25, 0.3) is 5.91 Å². The number of amides is 2. The van der Waals surface area contributed by atoms with E-state index in [2.05, 4.69) is 25.8 Å². The number of nitrogens with zero attached hydrogens (tertiary/aromatic N) is 2. The summed E-state index contributed by atoms with van der Waals surface area (Å²) in [6.07, 6.45) is 2.31. The van der Waals surface area contributed by atoms with E-state index < -0.39 is 0 Å². The van der Waals surface area contributed by atoms with E-state index in [4.69, 9.17) is 0 Å². The maximum absolute atomic E-state index is 12.5. The van der Waals surface area contributed by atoms with Crippen molar-refractivity contribution in [3.8, 4) is 11.4 Å². The zero-order valence-corrected chi connectivity index (χ0v) is 14.8. The van der Waals surface area contributed by atoms with Crippen LogP contribution in [0.3, 0.4) is 0 Å². The molecule has 0 spiro atoms. The van der Waals surface area contributed by atoms with Crippen molar-refractivity contribution in [2.75, 3.05) is 10.6 Å². The standard InChI is InChI=1S/C20H19N5O2/c1-12(26)21-16-6-3-5-15(11-16)20(27)22-17-7-2-4-14(10-17)19-23-18(24-25-19)13-8-9-13/h2-7,10-11,13H,8-9H2,1H3,(H,21,26)(H,22,27)(H,23,24,25). The van der Waals surface area contributed by atoms with Gasteiger partial charge in [0.2, 0.25) is 5.91 Å². The van der Waals surface area contributed by atoms with E-state index in [-0.39, 0.29) is 11.8 Å². The molecule has 1 fully saturated rings. The van der Waals surface area contributed by atoms with Crippen molar-refractivity contribution >= 4 is 23.2 Å². The minimum Gasteiger partial charge on any atom is -0.326 e. The van der Waals surface area contributed by atoms with E-state index in [1.165, 1.54) is 6.92 Å². The Balaban J connectivity index is 1.50. The van der Waals surface area contributed by atoms with Crippen LogP contribution >= 0.6 is 0 Å². The molecule has 3 aromatic rings. The molecule has 27 heavy (non-hydrogen) atoms. The van der Waals surface area contributed by atoms with Crippen molar-refractivity contribution in [2.45, 2.75) is 25.7 Å². The van der Waals surface area contributed by atoms with Crippen LogP contribution in [0, 0.1) is 0 Å². The molecule has 3 N–H and O–H groups in total.